The second-order valence-corrected chi connectivity index (χ2v) is 4.99. The molecule has 0 radical (unpaired) electrons. The van der Waals surface area contributed by atoms with Gasteiger partial charge in [0.15, 0.2) is 0 Å². The van der Waals surface area contributed by atoms with Crippen LogP contribution in [0.4, 0.5) is 5.69 Å². The monoisotopic (exact) mass is 366 g/mol. The average molecular weight is 368 g/mol. The summed E-state index contributed by atoms with van der Waals surface area (Å²) in [6.45, 7) is 0. The van der Waals surface area contributed by atoms with Gasteiger partial charge in [0, 0.05) is 11.4 Å². The molecule has 2 rings (SSSR count). The Morgan fingerprint density at radius 1 is 1.38 bits per heavy atom. The Morgan fingerprint density at radius 3 is 2.76 bits per heavy atom. The standard InChI is InChI=1S/C14H8BrClN2O3/c15-7-9-4-5-13(10(6-9)8-17)21-14-11(16)2-1-3-12(14)18(19)20/h1-6H,7H2. The molecule has 7 heteroatoms. The Morgan fingerprint density at radius 2 is 2.14 bits per heavy atom. The van der Waals surface area contributed by atoms with Gasteiger partial charge in [0.05, 0.1) is 15.5 Å². The Labute approximate surface area is 134 Å². The normalized spacial score (nSPS) is 9.95. The highest BCUT2D eigenvalue weighted by molar-refractivity contribution is 9.08. The van der Waals surface area contributed by atoms with E-state index in [0.29, 0.717) is 5.33 Å². The van der Waals surface area contributed by atoms with Crippen molar-refractivity contribution >= 4 is 33.2 Å². The van der Waals surface area contributed by atoms with Gasteiger partial charge in [-0.15, -0.1) is 0 Å². The van der Waals surface area contributed by atoms with E-state index in [1.165, 1.54) is 18.2 Å². The van der Waals surface area contributed by atoms with Crippen molar-refractivity contribution < 1.29 is 9.66 Å². The quantitative estimate of drug-likeness (QED) is 0.441. The van der Waals surface area contributed by atoms with E-state index in [1.807, 2.05) is 6.07 Å². The topological polar surface area (TPSA) is 76.2 Å². The zero-order valence-electron chi connectivity index (χ0n) is 10.5. The van der Waals surface area contributed by atoms with E-state index < -0.39 is 4.92 Å². The third-order valence-electron chi connectivity index (χ3n) is 2.67. The summed E-state index contributed by atoms with van der Waals surface area (Å²) in [4.78, 5) is 10.4. The molecule has 0 amide bonds. The second kappa shape index (κ2) is 6.57. The maximum absolute atomic E-state index is 11.0. The average Bonchev–Trinajstić information content (AvgIpc) is 2.49. The molecule has 0 spiro atoms. The van der Waals surface area contributed by atoms with Gasteiger partial charge in [0.2, 0.25) is 5.75 Å². The van der Waals surface area contributed by atoms with E-state index in [9.17, 15) is 10.1 Å². The van der Waals surface area contributed by atoms with Gasteiger partial charge in [-0.25, -0.2) is 0 Å². The van der Waals surface area contributed by atoms with Crippen molar-refractivity contribution in [1.82, 2.24) is 0 Å². The predicted octanol–water partition coefficient (Wildman–Crippen LogP) is 4.81. The minimum absolute atomic E-state index is 0.0766. The highest BCUT2D eigenvalue weighted by atomic mass is 79.9. The summed E-state index contributed by atoms with van der Waals surface area (Å²) >= 11 is 9.25. The van der Waals surface area contributed by atoms with Crippen LogP contribution in [-0.4, -0.2) is 4.92 Å². The molecule has 0 saturated heterocycles. The molecular weight excluding hydrogens is 360 g/mol. The van der Waals surface area contributed by atoms with Crippen LogP contribution in [-0.2, 0) is 5.33 Å². The lowest BCUT2D eigenvalue weighted by molar-refractivity contribution is -0.385. The fourth-order valence-electron chi connectivity index (χ4n) is 1.69. The highest BCUT2D eigenvalue weighted by Gasteiger charge is 2.20. The van der Waals surface area contributed by atoms with Crippen molar-refractivity contribution in [2.45, 2.75) is 5.33 Å². The van der Waals surface area contributed by atoms with Crippen molar-refractivity contribution in [3.8, 4) is 17.6 Å². The molecule has 2 aromatic rings. The van der Waals surface area contributed by atoms with Gasteiger partial charge < -0.3 is 4.74 Å². The minimum Gasteiger partial charge on any atom is -0.447 e. The van der Waals surface area contributed by atoms with E-state index in [2.05, 4.69) is 15.9 Å². The first-order valence-corrected chi connectivity index (χ1v) is 7.26. The SMILES string of the molecule is N#Cc1cc(CBr)ccc1Oc1c(Cl)cccc1[N+](=O)[O-]. The first kappa shape index (κ1) is 15.3. The largest absolute Gasteiger partial charge is 0.447 e. The van der Waals surface area contributed by atoms with Crippen molar-refractivity contribution in [1.29, 1.82) is 5.26 Å². The van der Waals surface area contributed by atoms with E-state index in [0.717, 1.165) is 5.56 Å². The summed E-state index contributed by atoms with van der Waals surface area (Å²) in [5.74, 6) is 0.144. The molecule has 106 valence electrons. The second-order valence-electron chi connectivity index (χ2n) is 4.02. The number of ether oxygens (including phenoxy) is 1. The Bertz CT molecular complexity index is 743. The molecule has 0 aliphatic heterocycles. The molecule has 0 aliphatic carbocycles. The van der Waals surface area contributed by atoms with Gasteiger partial charge in [0.1, 0.15) is 11.8 Å². The fraction of sp³-hybridized carbons (Fsp3) is 0.0714. The molecular formula is C14H8BrClN2O3. The zero-order valence-corrected chi connectivity index (χ0v) is 12.9. The highest BCUT2D eigenvalue weighted by Crippen LogP contribution is 2.38. The number of nitriles is 1. The summed E-state index contributed by atoms with van der Waals surface area (Å²) in [5, 5.41) is 20.9. The van der Waals surface area contributed by atoms with Crippen LogP contribution in [0.3, 0.4) is 0 Å². The van der Waals surface area contributed by atoms with Crippen LogP contribution in [0.15, 0.2) is 36.4 Å². The van der Waals surface area contributed by atoms with Gasteiger partial charge in [-0.1, -0.05) is 39.7 Å². The summed E-state index contributed by atoms with van der Waals surface area (Å²) < 4.78 is 5.51. The molecule has 5 nitrogen and oxygen atoms in total. The lowest BCUT2D eigenvalue weighted by Gasteiger charge is -2.10. The van der Waals surface area contributed by atoms with Gasteiger partial charge >= 0.3 is 5.69 Å². The first-order chi connectivity index (χ1) is 10.1. The molecule has 0 aromatic heterocycles. The smallest absolute Gasteiger partial charge is 0.313 e. The molecule has 0 N–H and O–H groups in total. The van der Waals surface area contributed by atoms with E-state index in [1.54, 1.807) is 18.2 Å². The molecule has 2 aromatic carbocycles. The molecule has 0 unspecified atom stereocenters. The van der Waals surface area contributed by atoms with Crippen LogP contribution in [0.5, 0.6) is 11.5 Å². The number of hydrogen-bond acceptors (Lipinski definition) is 4. The van der Waals surface area contributed by atoms with E-state index in [4.69, 9.17) is 21.6 Å². The maximum Gasteiger partial charge on any atom is 0.313 e. The first-order valence-electron chi connectivity index (χ1n) is 5.76. The molecule has 0 fully saturated rings. The number of nitro groups is 1. The summed E-state index contributed by atoms with van der Waals surface area (Å²) in [5.41, 5.74) is 0.921. The number of halogens is 2. The van der Waals surface area contributed by atoms with Crippen LogP contribution in [0, 0.1) is 21.4 Å². The van der Waals surface area contributed by atoms with E-state index >= 15 is 0 Å². The zero-order chi connectivity index (χ0) is 15.4. The van der Waals surface area contributed by atoms with Crippen molar-refractivity contribution in [3.63, 3.8) is 0 Å². The van der Waals surface area contributed by atoms with Gasteiger partial charge in [-0.05, 0) is 23.8 Å². The van der Waals surface area contributed by atoms with Crippen molar-refractivity contribution in [3.05, 3.63) is 62.7 Å². The third kappa shape index (κ3) is 3.32. The number of para-hydroxylation sites is 1. The molecule has 0 saturated carbocycles. The third-order valence-corrected chi connectivity index (χ3v) is 3.62. The minimum atomic E-state index is -0.583. The molecule has 0 heterocycles. The van der Waals surface area contributed by atoms with Gasteiger partial charge in [0.25, 0.3) is 0 Å². The molecule has 0 bridgehead atoms. The van der Waals surface area contributed by atoms with Crippen molar-refractivity contribution in [2.75, 3.05) is 0 Å². The number of hydrogen-bond donors (Lipinski definition) is 0. The number of alkyl halides is 1. The Hall–Kier alpha value is -2.10. The van der Waals surface area contributed by atoms with Gasteiger partial charge in [-0.2, -0.15) is 5.26 Å². The van der Waals surface area contributed by atoms with Crippen LogP contribution < -0.4 is 4.74 Å². The molecule has 0 atom stereocenters. The van der Waals surface area contributed by atoms with Crippen LogP contribution >= 0.6 is 27.5 Å². The summed E-state index contributed by atoms with van der Waals surface area (Å²) in [6.07, 6.45) is 0. The lowest BCUT2D eigenvalue weighted by atomic mass is 10.1. The Kier molecular flexibility index (Phi) is 4.78. The summed E-state index contributed by atoms with van der Waals surface area (Å²) in [6, 6.07) is 11.2. The number of nitrogens with zero attached hydrogens (tertiary/aromatic N) is 2. The van der Waals surface area contributed by atoms with Crippen molar-refractivity contribution in [2.24, 2.45) is 0 Å². The van der Waals surface area contributed by atoms with E-state index in [-0.39, 0.29) is 27.8 Å². The fourth-order valence-corrected chi connectivity index (χ4v) is 2.25. The summed E-state index contributed by atoms with van der Waals surface area (Å²) in [7, 11) is 0. The lowest BCUT2D eigenvalue weighted by Crippen LogP contribution is -1.96. The molecule has 0 aliphatic rings. The number of rotatable bonds is 4. The van der Waals surface area contributed by atoms with Crippen LogP contribution in [0.2, 0.25) is 5.02 Å². The van der Waals surface area contributed by atoms with Crippen LogP contribution in [0.1, 0.15) is 11.1 Å². The molecule has 21 heavy (non-hydrogen) atoms. The number of benzene rings is 2. The number of nitro benzene ring substituents is 1. The Balaban J connectivity index is 2.48. The van der Waals surface area contributed by atoms with Crippen LogP contribution in [0.25, 0.3) is 0 Å². The van der Waals surface area contributed by atoms with Gasteiger partial charge in [-0.3, -0.25) is 10.1 Å². The maximum atomic E-state index is 11.0. The predicted molar refractivity (Wildman–Crippen MR) is 82.0 cm³/mol.